The summed E-state index contributed by atoms with van der Waals surface area (Å²) in [5.74, 6) is -1.22. The van der Waals surface area contributed by atoms with Gasteiger partial charge >= 0.3 is 17.9 Å². The molecule has 0 aromatic rings. The van der Waals surface area contributed by atoms with E-state index in [0.717, 1.165) is 0 Å². The largest absolute Gasteiger partial charge is 0.455 e. The highest BCUT2D eigenvalue weighted by Crippen LogP contribution is 2.36. The van der Waals surface area contributed by atoms with Crippen molar-refractivity contribution in [3.8, 4) is 12.3 Å². The Morgan fingerprint density at radius 1 is 1.29 bits per heavy atom. The molecule has 0 N–H and O–H groups in total. The van der Waals surface area contributed by atoms with Crippen LogP contribution in [0, 0.1) is 12.3 Å². The number of carbonyl (C=O) groups is 3. The van der Waals surface area contributed by atoms with Gasteiger partial charge in [-0.1, -0.05) is 0 Å². The summed E-state index contributed by atoms with van der Waals surface area (Å²) in [5.41, 5.74) is 0. The van der Waals surface area contributed by atoms with Crippen LogP contribution in [0.25, 0.3) is 0 Å². The van der Waals surface area contributed by atoms with Crippen molar-refractivity contribution in [3.05, 3.63) is 0 Å². The molecule has 2 unspecified atom stereocenters. The number of hydrogen-bond donors (Lipinski definition) is 0. The maximum Gasteiger partial charge on any atom is 0.305 e. The van der Waals surface area contributed by atoms with E-state index in [0.29, 0.717) is 6.42 Å². The Kier molecular flexibility index (Phi) is 5.73. The highest BCUT2D eigenvalue weighted by Gasteiger charge is 2.57. The first kappa shape index (κ1) is 17.0. The summed E-state index contributed by atoms with van der Waals surface area (Å²) in [7, 11) is 0. The Balaban J connectivity index is 3.15. The van der Waals surface area contributed by atoms with Crippen molar-refractivity contribution in [3.63, 3.8) is 0 Å². The molecule has 1 fully saturated rings. The Morgan fingerprint density at radius 3 is 2.43 bits per heavy atom. The molecule has 3 atom stereocenters. The zero-order valence-corrected chi connectivity index (χ0v) is 12.2. The zero-order valence-electron chi connectivity index (χ0n) is 12.2. The molecule has 1 aliphatic rings. The molecule has 1 saturated heterocycles. The predicted molar refractivity (Wildman–Crippen MR) is 69.6 cm³/mol. The number of rotatable bonds is 5. The van der Waals surface area contributed by atoms with Crippen LogP contribution in [-0.4, -0.2) is 42.5 Å². The van der Waals surface area contributed by atoms with Crippen molar-refractivity contribution < 1.29 is 33.3 Å². The van der Waals surface area contributed by atoms with Gasteiger partial charge in [-0.05, 0) is 0 Å². The van der Waals surface area contributed by atoms with Crippen molar-refractivity contribution in [2.45, 2.75) is 51.6 Å². The first-order chi connectivity index (χ1) is 9.81. The molecule has 0 aromatic heterocycles. The quantitative estimate of drug-likeness (QED) is 0.416. The molecule has 0 saturated carbocycles. The highest BCUT2D eigenvalue weighted by atomic mass is 16.8. The molecular formula is C14H18O7. The summed E-state index contributed by atoms with van der Waals surface area (Å²) in [6.45, 7) is 3.77. The first-order valence-corrected chi connectivity index (χ1v) is 6.43. The molecular weight excluding hydrogens is 280 g/mol. The average molecular weight is 298 g/mol. The SMILES string of the molecule is C#CC[C@H](OC(C)=O)C1(OC(C)=O)OCCC1OC(C)=O. The van der Waals surface area contributed by atoms with Crippen LogP contribution in [0.2, 0.25) is 0 Å². The molecule has 0 amide bonds. The van der Waals surface area contributed by atoms with E-state index in [1.807, 2.05) is 0 Å². The minimum atomic E-state index is -1.71. The second-order valence-electron chi connectivity index (χ2n) is 4.56. The van der Waals surface area contributed by atoms with Gasteiger partial charge in [0.05, 0.1) is 13.0 Å². The Hall–Kier alpha value is -2.07. The standard InChI is InChI=1S/C14H18O7/c1-5-6-12(19-9(2)15)14(21-11(4)17)13(7-8-18-14)20-10(3)16/h1,12-13H,6-8H2,2-4H3/t12-,13?,14?/m0/s1. The third-order valence-corrected chi connectivity index (χ3v) is 2.83. The van der Waals surface area contributed by atoms with E-state index in [-0.39, 0.29) is 13.0 Å². The number of carbonyl (C=O) groups excluding carboxylic acids is 3. The fraction of sp³-hybridized carbons (Fsp3) is 0.643. The van der Waals surface area contributed by atoms with E-state index in [9.17, 15) is 14.4 Å². The molecule has 1 aliphatic heterocycles. The molecule has 0 spiro atoms. The van der Waals surface area contributed by atoms with Crippen molar-refractivity contribution in [2.24, 2.45) is 0 Å². The summed E-state index contributed by atoms with van der Waals surface area (Å²) in [6, 6.07) is 0. The number of hydrogen-bond acceptors (Lipinski definition) is 7. The molecule has 0 radical (unpaired) electrons. The van der Waals surface area contributed by atoms with Crippen molar-refractivity contribution in [1.82, 2.24) is 0 Å². The number of esters is 3. The summed E-state index contributed by atoms with van der Waals surface area (Å²) in [6.07, 6.45) is 3.56. The highest BCUT2D eigenvalue weighted by molar-refractivity contribution is 5.68. The van der Waals surface area contributed by atoms with Crippen LogP contribution in [-0.2, 0) is 33.3 Å². The summed E-state index contributed by atoms with van der Waals surface area (Å²) >= 11 is 0. The van der Waals surface area contributed by atoms with Crippen LogP contribution in [0.5, 0.6) is 0 Å². The normalized spacial score (nSPS) is 25.5. The van der Waals surface area contributed by atoms with Gasteiger partial charge in [0, 0.05) is 27.2 Å². The molecule has 21 heavy (non-hydrogen) atoms. The van der Waals surface area contributed by atoms with Crippen molar-refractivity contribution in [2.75, 3.05) is 6.61 Å². The lowest BCUT2D eigenvalue weighted by atomic mass is 10.00. The predicted octanol–water partition coefficient (Wildman–Crippen LogP) is 0.553. The van der Waals surface area contributed by atoms with Gasteiger partial charge in [0.15, 0.2) is 12.2 Å². The minimum absolute atomic E-state index is 0.0510. The molecule has 1 rings (SSSR count). The van der Waals surface area contributed by atoms with E-state index < -0.39 is 35.9 Å². The van der Waals surface area contributed by atoms with E-state index >= 15 is 0 Å². The van der Waals surface area contributed by atoms with Gasteiger partial charge in [0.2, 0.25) is 0 Å². The lowest BCUT2D eigenvalue weighted by molar-refractivity contribution is -0.282. The second kappa shape index (κ2) is 7.09. The summed E-state index contributed by atoms with van der Waals surface area (Å²) in [5, 5.41) is 0. The van der Waals surface area contributed by atoms with Gasteiger partial charge in [-0.2, -0.15) is 0 Å². The van der Waals surface area contributed by atoms with E-state index in [1.54, 1.807) is 0 Å². The zero-order chi connectivity index (χ0) is 16.0. The van der Waals surface area contributed by atoms with Gasteiger partial charge in [-0.15, -0.1) is 12.3 Å². The molecule has 0 aliphatic carbocycles. The Morgan fingerprint density at radius 2 is 1.95 bits per heavy atom. The fourth-order valence-electron chi connectivity index (χ4n) is 2.22. The van der Waals surface area contributed by atoms with Gasteiger partial charge in [-0.3, -0.25) is 14.4 Å². The number of ether oxygens (including phenoxy) is 4. The second-order valence-corrected chi connectivity index (χ2v) is 4.56. The molecule has 7 heteroatoms. The van der Waals surface area contributed by atoms with Crippen LogP contribution >= 0.6 is 0 Å². The Labute approximate surface area is 122 Å². The number of terminal acetylenes is 1. The molecule has 116 valence electrons. The monoisotopic (exact) mass is 298 g/mol. The maximum atomic E-state index is 11.4. The first-order valence-electron chi connectivity index (χ1n) is 6.43. The Bertz CT molecular complexity index is 464. The van der Waals surface area contributed by atoms with Gasteiger partial charge in [-0.25, -0.2) is 0 Å². The topological polar surface area (TPSA) is 88.1 Å². The van der Waals surface area contributed by atoms with Crippen LogP contribution in [0.1, 0.15) is 33.6 Å². The van der Waals surface area contributed by atoms with E-state index in [1.165, 1.54) is 20.8 Å². The maximum absolute atomic E-state index is 11.4. The smallest absolute Gasteiger partial charge is 0.305 e. The lowest BCUT2D eigenvalue weighted by Gasteiger charge is -2.37. The van der Waals surface area contributed by atoms with Crippen molar-refractivity contribution >= 4 is 17.9 Å². The molecule has 0 aromatic carbocycles. The van der Waals surface area contributed by atoms with Gasteiger partial charge < -0.3 is 18.9 Å². The van der Waals surface area contributed by atoms with E-state index in [4.69, 9.17) is 25.4 Å². The van der Waals surface area contributed by atoms with Gasteiger partial charge in [0.1, 0.15) is 0 Å². The fourth-order valence-corrected chi connectivity index (χ4v) is 2.22. The molecule has 7 nitrogen and oxygen atoms in total. The average Bonchev–Trinajstić information content (AvgIpc) is 2.70. The van der Waals surface area contributed by atoms with Crippen molar-refractivity contribution in [1.29, 1.82) is 0 Å². The van der Waals surface area contributed by atoms with Crippen LogP contribution in [0.4, 0.5) is 0 Å². The third-order valence-electron chi connectivity index (χ3n) is 2.83. The summed E-state index contributed by atoms with van der Waals surface area (Å²) in [4.78, 5) is 33.9. The third kappa shape index (κ3) is 4.20. The van der Waals surface area contributed by atoms with Gasteiger partial charge in [0.25, 0.3) is 5.79 Å². The summed E-state index contributed by atoms with van der Waals surface area (Å²) < 4.78 is 21.0. The molecule has 0 bridgehead atoms. The minimum Gasteiger partial charge on any atom is -0.455 e. The van der Waals surface area contributed by atoms with Crippen LogP contribution in [0.15, 0.2) is 0 Å². The lowest BCUT2D eigenvalue weighted by Crippen LogP contribution is -2.55. The van der Waals surface area contributed by atoms with Crippen LogP contribution < -0.4 is 0 Å². The molecule has 1 heterocycles. The van der Waals surface area contributed by atoms with Crippen LogP contribution in [0.3, 0.4) is 0 Å². The van der Waals surface area contributed by atoms with E-state index in [2.05, 4.69) is 5.92 Å².